The van der Waals surface area contributed by atoms with Gasteiger partial charge >= 0.3 is 7.82 Å². The second-order valence-electron chi connectivity index (χ2n) is 4.97. The standard InChI is InChI=1S/C10H12N5O6P/c11-8-5-9(13-2-12-8)15(3-14-5)10-6(16)7-4(20-10)1-19-22(17,18)21-7/h2-4,6-7,10,16H,1H2,(H,17,18)(H2,11,12,13)/t4?,6-,7+,10?/m0/s1. The van der Waals surface area contributed by atoms with Crippen molar-refractivity contribution in [1.29, 1.82) is 0 Å². The maximum Gasteiger partial charge on any atom is 0.472 e. The third-order valence-electron chi connectivity index (χ3n) is 3.63. The molecular formula is C10H12N5O6P. The summed E-state index contributed by atoms with van der Waals surface area (Å²) < 4.78 is 28.2. The summed E-state index contributed by atoms with van der Waals surface area (Å²) in [6.07, 6.45) is -1.07. The molecule has 4 rings (SSSR count). The van der Waals surface area contributed by atoms with E-state index in [9.17, 15) is 14.6 Å². The number of rotatable bonds is 1. The van der Waals surface area contributed by atoms with E-state index >= 15 is 0 Å². The number of aromatic nitrogens is 4. The average molecular weight is 329 g/mol. The molecule has 5 atom stereocenters. The summed E-state index contributed by atoms with van der Waals surface area (Å²) in [5, 5.41) is 10.4. The number of ether oxygens (including phenoxy) is 1. The van der Waals surface area contributed by atoms with Crippen LogP contribution in [0.5, 0.6) is 0 Å². The summed E-state index contributed by atoms with van der Waals surface area (Å²) in [6, 6.07) is 0. The minimum atomic E-state index is -4.16. The van der Waals surface area contributed by atoms with Crippen LogP contribution in [0, 0.1) is 0 Å². The summed E-state index contributed by atoms with van der Waals surface area (Å²) in [6.45, 7) is -0.157. The molecule has 12 heteroatoms. The lowest BCUT2D eigenvalue weighted by molar-refractivity contribution is -0.0664. The van der Waals surface area contributed by atoms with Gasteiger partial charge in [0.2, 0.25) is 0 Å². The number of hydrogen-bond donors (Lipinski definition) is 3. The highest BCUT2D eigenvalue weighted by atomic mass is 31.2. The maximum absolute atomic E-state index is 11.5. The van der Waals surface area contributed by atoms with Gasteiger partial charge in [-0.3, -0.25) is 13.6 Å². The molecule has 2 fully saturated rings. The fraction of sp³-hybridized carbons (Fsp3) is 0.500. The number of imidazole rings is 1. The fourth-order valence-electron chi connectivity index (χ4n) is 2.62. The molecule has 4 N–H and O–H groups in total. The van der Waals surface area contributed by atoms with E-state index in [0.29, 0.717) is 11.2 Å². The number of aliphatic hydroxyl groups is 1. The topological polar surface area (TPSA) is 155 Å². The number of fused-ring (bicyclic) bond motifs is 2. The van der Waals surface area contributed by atoms with Crippen molar-refractivity contribution in [1.82, 2.24) is 19.5 Å². The van der Waals surface area contributed by atoms with Gasteiger partial charge in [-0.15, -0.1) is 0 Å². The predicted octanol–water partition coefficient (Wildman–Crippen LogP) is -0.817. The van der Waals surface area contributed by atoms with Gasteiger partial charge in [0.1, 0.15) is 30.2 Å². The Morgan fingerprint density at radius 1 is 1.41 bits per heavy atom. The Morgan fingerprint density at radius 3 is 3.05 bits per heavy atom. The number of phosphoric ester groups is 1. The van der Waals surface area contributed by atoms with Crippen molar-refractivity contribution in [2.75, 3.05) is 12.3 Å². The zero-order valence-corrected chi connectivity index (χ0v) is 11.9. The lowest BCUT2D eigenvalue weighted by atomic mass is 10.1. The van der Waals surface area contributed by atoms with Crippen molar-refractivity contribution in [3.8, 4) is 0 Å². The smallest absolute Gasteiger partial charge is 0.386 e. The van der Waals surface area contributed by atoms with Gasteiger partial charge in [0.05, 0.1) is 12.9 Å². The minimum Gasteiger partial charge on any atom is -0.386 e. The number of phosphoric acid groups is 1. The molecule has 118 valence electrons. The molecule has 2 saturated heterocycles. The molecule has 22 heavy (non-hydrogen) atoms. The lowest BCUT2D eigenvalue weighted by Crippen LogP contribution is -2.39. The fourth-order valence-corrected chi connectivity index (χ4v) is 3.59. The Hall–Kier alpha value is -1.62. The van der Waals surface area contributed by atoms with Gasteiger partial charge in [-0.25, -0.2) is 19.5 Å². The van der Waals surface area contributed by atoms with Crippen LogP contribution in [0.4, 0.5) is 5.82 Å². The van der Waals surface area contributed by atoms with Crippen LogP contribution in [-0.4, -0.2) is 54.4 Å². The van der Waals surface area contributed by atoms with Gasteiger partial charge in [0, 0.05) is 0 Å². The second-order valence-corrected chi connectivity index (χ2v) is 6.38. The molecule has 2 aliphatic heterocycles. The molecular weight excluding hydrogens is 317 g/mol. The van der Waals surface area contributed by atoms with E-state index in [1.807, 2.05) is 0 Å². The van der Waals surface area contributed by atoms with Crippen molar-refractivity contribution >= 4 is 24.8 Å². The Kier molecular flexibility index (Phi) is 2.98. The number of hydrogen-bond acceptors (Lipinski definition) is 9. The lowest BCUT2D eigenvalue weighted by Gasteiger charge is -2.27. The van der Waals surface area contributed by atoms with Crippen LogP contribution in [0.2, 0.25) is 0 Å². The molecule has 0 saturated carbocycles. The van der Waals surface area contributed by atoms with E-state index in [4.69, 9.17) is 15.0 Å². The Labute approximate surface area is 123 Å². The predicted molar refractivity (Wildman–Crippen MR) is 70.3 cm³/mol. The van der Waals surface area contributed by atoms with Gasteiger partial charge < -0.3 is 20.5 Å². The first-order chi connectivity index (χ1) is 10.5. The third kappa shape index (κ3) is 2.02. The summed E-state index contributed by atoms with van der Waals surface area (Å²) >= 11 is 0. The first kappa shape index (κ1) is 14.0. The van der Waals surface area contributed by atoms with E-state index in [1.165, 1.54) is 17.2 Å². The summed E-state index contributed by atoms with van der Waals surface area (Å²) in [4.78, 5) is 21.3. The minimum absolute atomic E-state index is 0.157. The van der Waals surface area contributed by atoms with Crippen molar-refractivity contribution in [3.05, 3.63) is 12.7 Å². The molecule has 0 aliphatic carbocycles. The monoisotopic (exact) mass is 329 g/mol. The number of nitrogens with two attached hydrogens (primary N) is 1. The SMILES string of the molecule is Nc1ncnc2c1ncn2C1OC2COP(=O)(O)O[C@H]2[C@@H]1O. The summed E-state index contributed by atoms with van der Waals surface area (Å²) in [7, 11) is -4.16. The Balaban J connectivity index is 1.71. The number of aliphatic hydroxyl groups excluding tert-OH is 1. The van der Waals surface area contributed by atoms with Gasteiger partial charge in [-0.2, -0.15) is 0 Å². The Bertz CT molecular complexity index is 782. The second kappa shape index (κ2) is 4.69. The van der Waals surface area contributed by atoms with Crippen LogP contribution in [0.1, 0.15) is 6.23 Å². The molecule has 3 unspecified atom stereocenters. The van der Waals surface area contributed by atoms with Gasteiger partial charge in [-0.1, -0.05) is 0 Å². The van der Waals surface area contributed by atoms with E-state index in [-0.39, 0.29) is 12.4 Å². The maximum atomic E-state index is 11.5. The van der Waals surface area contributed by atoms with Crippen molar-refractivity contribution in [2.24, 2.45) is 0 Å². The van der Waals surface area contributed by atoms with Gasteiger partial charge in [0.15, 0.2) is 17.7 Å². The van der Waals surface area contributed by atoms with Crippen LogP contribution in [-0.2, 0) is 18.3 Å². The molecule has 2 aliphatic rings. The highest BCUT2D eigenvalue weighted by molar-refractivity contribution is 7.47. The summed E-state index contributed by atoms with van der Waals surface area (Å²) in [5.41, 5.74) is 6.46. The summed E-state index contributed by atoms with van der Waals surface area (Å²) in [5.74, 6) is 0.202. The van der Waals surface area contributed by atoms with Crippen LogP contribution >= 0.6 is 7.82 Å². The Morgan fingerprint density at radius 2 is 2.23 bits per heavy atom. The molecule has 0 bridgehead atoms. The van der Waals surface area contributed by atoms with Crippen LogP contribution < -0.4 is 5.73 Å². The molecule has 2 aromatic rings. The van der Waals surface area contributed by atoms with E-state index in [2.05, 4.69) is 19.5 Å². The molecule has 0 radical (unpaired) electrons. The zero-order chi connectivity index (χ0) is 15.5. The number of nitrogen functional groups attached to an aromatic ring is 1. The van der Waals surface area contributed by atoms with Crippen LogP contribution in [0.3, 0.4) is 0 Å². The molecule has 2 aromatic heterocycles. The molecule has 0 amide bonds. The number of nitrogens with zero attached hydrogens (tertiary/aromatic N) is 4. The largest absolute Gasteiger partial charge is 0.472 e. The molecule has 0 aromatic carbocycles. The van der Waals surface area contributed by atoms with Gasteiger partial charge in [0.25, 0.3) is 0 Å². The molecule has 11 nitrogen and oxygen atoms in total. The quantitative estimate of drug-likeness (QED) is 0.565. The van der Waals surface area contributed by atoms with Crippen molar-refractivity contribution in [3.63, 3.8) is 0 Å². The first-order valence-corrected chi connectivity index (χ1v) is 7.88. The highest BCUT2D eigenvalue weighted by Gasteiger charge is 2.52. The van der Waals surface area contributed by atoms with E-state index in [0.717, 1.165) is 0 Å². The van der Waals surface area contributed by atoms with Crippen LogP contribution in [0.25, 0.3) is 11.2 Å². The van der Waals surface area contributed by atoms with Crippen molar-refractivity contribution in [2.45, 2.75) is 24.5 Å². The van der Waals surface area contributed by atoms with Gasteiger partial charge in [-0.05, 0) is 0 Å². The third-order valence-corrected chi connectivity index (χ3v) is 4.61. The molecule has 4 heterocycles. The van der Waals surface area contributed by atoms with E-state index in [1.54, 1.807) is 0 Å². The zero-order valence-electron chi connectivity index (χ0n) is 11.0. The van der Waals surface area contributed by atoms with E-state index < -0.39 is 32.4 Å². The van der Waals surface area contributed by atoms with Crippen LogP contribution in [0.15, 0.2) is 12.7 Å². The highest BCUT2D eigenvalue weighted by Crippen LogP contribution is 2.52. The van der Waals surface area contributed by atoms with Crippen molar-refractivity contribution < 1.29 is 28.3 Å². The number of anilines is 1. The average Bonchev–Trinajstić information content (AvgIpc) is 3.01. The first-order valence-electron chi connectivity index (χ1n) is 6.38. The normalized spacial score (nSPS) is 38.3. The molecule has 0 spiro atoms.